The molecular formula is C37H61F3N6O6. The predicted molar refractivity (Wildman–Crippen MR) is 192 cm³/mol. The fraction of sp³-hybridized carbons (Fsp3) is 0.784. The summed E-state index contributed by atoms with van der Waals surface area (Å²) in [6.07, 6.45) is -2.29. The molecule has 0 radical (unpaired) electrons. The van der Waals surface area contributed by atoms with E-state index in [9.17, 15) is 41.9 Å². The van der Waals surface area contributed by atoms with Crippen molar-refractivity contribution >= 4 is 35.4 Å². The van der Waals surface area contributed by atoms with Gasteiger partial charge in [-0.05, 0) is 54.8 Å². The van der Waals surface area contributed by atoms with Gasteiger partial charge in [-0.15, -0.1) is 6.58 Å². The minimum Gasteiger partial charge on any atom is -0.346 e. The summed E-state index contributed by atoms with van der Waals surface area (Å²) < 4.78 is 38.4. The lowest BCUT2D eigenvalue weighted by atomic mass is 9.85. The molecular weight excluding hydrogens is 681 g/mol. The third-order valence-corrected chi connectivity index (χ3v) is 9.89. The molecule has 15 heteroatoms. The summed E-state index contributed by atoms with van der Waals surface area (Å²) in [7, 11) is 0. The van der Waals surface area contributed by atoms with E-state index >= 15 is 0 Å². The van der Waals surface area contributed by atoms with Crippen LogP contribution in [0.4, 0.5) is 18.0 Å². The van der Waals surface area contributed by atoms with Crippen molar-refractivity contribution in [2.24, 2.45) is 22.7 Å². The lowest BCUT2D eigenvalue weighted by Crippen LogP contribution is -2.62. The first-order valence-corrected chi connectivity index (χ1v) is 18.4. The average Bonchev–Trinajstić information content (AvgIpc) is 3.49. The van der Waals surface area contributed by atoms with E-state index in [1.165, 1.54) is 11.0 Å². The summed E-state index contributed by atoms with van der Waals surface area (Å²) in [6, 6.07) is -4.60. The molecule has 2 aliphatic heterocycles. The van der Waals surface area contributed by atoms with E-state index in [2.05, 4.69) is 27.8 Å². The van der Waals surface area contributed by atoms with Crippen LogP contribution in [0.1, 0.15) is 107 Å². The molecule has 2 saturated heterocycles. The van der Waals surface area contributed by atoms with Gasteiger partial charge in [0.1, 0.15) is 12.1 Å². The number of unbranched alkanes of at least 4 members (excludes halogenated alkanes) is 1. The lowest BCUT2D eigenvalue weighted by molar-refractivity contribution is -0.144. The number of hydrogen-bond donors (Lipinski definition) is 4. The number of piperidine rings is 1. The van der Waals surface area contributed by atoms with Crippen molar-refractivity contribution in [3.8, 4) is 0 Å². The average molecular weight is 743 g/mol. The molecule has 2 fully saturated rings. The van der Waals surface area contributed by atoms with Crippen LogP contribution in [0.3, 0.4) is 0 Å². The monoisotopic (exact) mass is 742 g/mol. The van der Waals surface area contributed by atoms with Crippen LogP contribution in [-0.4, -0.2) is 102 Å². The molecule has 2 heterocycles. The number of ketones is 1. The van der Waals surface area contributed by atoms with E-state index in [4.69, 9.17) is 0 Å². The molecule has 6 amide bonds. The summed E-state index contributed by atoms with van der Waals surface area (Å²) in [5.41, 5.74) is -1.24. The summed E-state index contributed by atoms with van der Waals surface area (Å²) in [5.74, 6) is -3.26. The molecule has 2 rings (SSSR count). The molecule has 1 unspecified atom stereocenters. The van der Waals surface area contributed by atoms with Gasteiger partial charge in [0.15, 0.2) is 0 Å². The Balaban J connectivity index is 2.32. The molecule has 0 spiro atoms. The number of hydrogen-bond acceptors (Lipinski definition) is 6. The standard InChI is InChI=1S/C37H61F3N6O6/c1-10-18-41-32(50)29(48)25(15-11-13-17-37(38,39)40)42-31(49)26-20-24(23(2)3)21-46(26)33(51)30(36(7,8)9)44-34(52)43-27(35(4,5)6)22-45-19-14-12-16-28(45)47/h10,23-27,30H,1,11-22H2,2-9H3,(H,41,50)(H,42,49)(H2,43,44,52)/t24-,25?,26+,27-,30-/m1/s1. The number of urea groups is 1. The number of halogens is 3. The first-order valence-electron chi connectivity index (χ1n) is 18.4. The lowest BCUT2D eigenvalue weighted by Gasteiger charge is -2.39. The van der Waals surface area contributed by atoms with Crippen molar-refractivity contribution in [3.05, 3.63) is 12.7 Å². The number of alkyl halides is 3. The fourth-order valence-corrected chi connectivity index (χ4v) is 6.42. The highest BCUT2D eigenvalue weighted by Crippen LogP contribution is 2.33. The van der Waals surface area contributed by atoms with Crippen molar-refractivity contribution in [2.75, 3.05) is 26.2 Å². The zero-order valence-corrected chi connectivity index (χ0v) is 32.2. The van der Waals surface area contributed by atoms with Crippen molar-refractivity contribution in [2.45, 2.75) is 137 Å². The molecule has 0 aromatic carbocycles. The first kappa shape index (κ1) is 44.5. The molecule has 0 aliphatic carbocycles. The van der Waals surface area contributed by atoms with Gasteiger partial charge in [0.2, 0.25) is 23.5 Å². The van der Waals surface area contributed by atoms with Crippen molar-refractivity contribution in [3.63, 3.8) is 0 Å². The molecule has 5 atom stereocenters. The topological polar surface area (TPSA) is 157 Å². The Morgan fingerprint density at radius 1 is 0.942 bits per heavy atom. The third kappa shape index (κ3) is 13.7. The van der Waals surface area contributed by atoms with Gasteiger partial charge in [0.25, 0.3) is 5.91 Å². The molecule has 0 bridgehead atoms. The quantitative estimate of drug-likeness (QED) is 0.104. The maximum Gasteiger partial charge on any atom is 0.389 e. The van der Waals surface area contributed by atoms with E-state index in [-0.39, 0.29) is 56.5 Å². The summed E-state index contributed by atoms with van der Waals surface area (Å²) >= 11 is 0. The van der Waals surface area contributed by atoms with Crippen molar-refractivity contribution in [1.82, 2.24) is 31.1 Å². The Morgan fingerprint density at radius 2 is 1.60 bits per heavy atom. The maximum absolute atomic E-state index is 14.4. The van der Waals surface area contributed by atoms with Crippen molar-refractivity contribution in [1.29, 1.82) is 0 Å². The van der Waals surface area contributed by atoms with Crippen LogP contribution in [0.5, 0.6) is 0 Å². The minimum absolute atomic E-state index is 0.0259. The molecule has 296 valence electrons. The highest BCUT2D eigenvalue weighted by atomic mass is 19.4. The smallest absolute Gasteiger partial charge is 0.346 e. The first-order chi connectivity index (χ1) is 24.0. The van der Waals surface area contributed by atoms with Crippen LogP contribution in [-0.2, 0) is 24.0 Å². The van der Waals surface area contributed by atoms with Gasteiger partial charge in [-0.1, -0.05) is 67.9 Å². The van der Waals surface area contributed by atoms with Crippen molar-refractivity contribution < 1.29 is 41.9 Å². The Morgan fingerprint density at radius 3 is 2.13 bits per heavy atom. The van der Waals surface area contributed by atoms with E-state index < -0.39 is 77.1 Å². The normalized spacial score (nSPS) is 20.2. The van der Waals surface area contributed by atoms with Crippen LogP contribution < -0.4 is 21.3 Å². The van der Waals surface area contributed by atoms with E-state index in [0.29, 0.717) is 19.5 Å². The molecule has 0 aromatic rings. The number of carbonyl (C=O) groups is 6. The number of carbonyl (C=O) groups excluding carboxylic acids is 6. The SMILES string of the molecule is C=CCNC(=O)C(=O)C(CCCCC(F)(F)F)NC(=O)[C@@H]1C[C@@H](C(C)C)CN1C(=O)[C@@H](NC(=O)N[C@H](CN1CCCCC1=O)C(C)(C)C)C(C)(C)C. The largest absolute Gasteiger partial charge is 0.389 e. The van der Waals surface area contributed by atoms with Gasteiger partial charge in [0.05, 0.1) is 12.1 Å². The molecule has 4 N–H and O–H groups in total. The number of rotatable bonds is 16. The van der Waals surface area contributed by atoms with E-state index in [0.717, 1.165) is 12.8 Å². The maximum atomic E-state index is 14.4. The molecule has 2 aliphatic rings. The van der Waals surface area contributed by atoms with Gasteiger partial charge in [-0.2, -0.15) is 13.2 Å². The van der Waals surface area contributed by atoms with Crippen LogP contribution >= 0.6 is 0 Å². The predicted octanol–water partition coefficient (Wildman–Crippen LogP) is 4.48. The second-order valence-corrected chi connectivity index (χ2v) is 16.7. The van der Waals surface area contributed by atoms with Gasteiger partial charge < -0.3 is 31.1 Å². The van der Waals surface area contributed by atoms with Gasteiger partial charge in [-0.3, -0.25) is 24.0 Å². The number of nitrogens with one attached hydrogen (secondary N) is 4. The Hall–Kier alpha value is -3.65. The van der Waals surface area contributed by atoms with E-state index in [1.54, 1.807) is 25.7 Å². The Labute approximate surface area is 306 Å². The van der Waals surface area contributed by atoms with Crippen LogP contribution in [0.15, 0.2) is 12.7 Å². The minimum atomic E-state index is -4.39. The second kappa shape index (κ2) is 18.9. The summed E-state index contributed by atoms with van der Waals surface area (Å²) in [5, 5.41) is 10.8. The number of Topliss-reactive ketones (excluding diaryl/α,β-unsaturated/α-hetero) is 1. The number of nitrogens with zero attached hydrogens (tertiary/aromatic N) is 2. The highest BCUT2D eigenvalue weighted by Gasteiger charge is 2.46. The van der Waals surface area contributed by atoms with Gasteiger partial charge in [-0.25, -0.2) is 4.79 Å². The molecule has 0 saturated carbocycles. The number of likely N-dealkylation sites (tertiary alicyclic amines) is 2. The number of amides is 6. The molecule has 0 aromatic heterocycles. The van der Waals surface area contributed by atoms with Gasteiger partial charge in [0, 0.05) is 39.0 Å². The highest BCUT2D eigenvalue weighted by molar-refractivity contribution is 6.38. The van der Waals surface area contributed by atoms with Gasteiger partial charge >= 0.3 is 12.2 Å². The zero-order valence-electron chi connectivity index (χ0n) is 32.2. The fourth-order valence-electron chi connectivity index (χ4n) is 6.42. The molecule has 12 nitrogen and oxygen atoms in total. The second-order valence-electron chi connectivity index (χ2n) is 16.7. The van der Waals surface area contributed by atoms with Crippen LogP contribution in [0, 0.1) is 22.7 Å². The van der Waals surface area contributed by atoms with E-state index in [1.807, 2.05) is 34.6 Å². The Kier molecular flexibility index (Phi) is 16.2. The summed E-state index contributed by atoms with van der Waals surface area (Å²) in [6.45, 7) is 19.7. The van der Waals surface area contributed by atoms with Crippen LogP contribution in [0.25, 0.3) is 0 Å². The zero-order chi connectivity index (χ0) is 39.6. The third-order valence-electron chi connectivity index (χ3n) is 9.89. The molecule has 52 heavy (non-hydrogen) atoms. The summed E-state index contributed by atoms with van der Waals surface area (Å²) in [4.78, 5) is 83.3. The van der Waals surface area contributed by atoms with Crippen LogP contribution in [0.2, 0.25) is 0 Å². The Bertz CT molecular complexity index is 1290.